The van der Waals surface area contributed by atoms with Gasteiger partial charge in [0.1, 0.15) is 5.82 Å². The van der Waals surface area contributed by atoms with Gasteiger partial charge in [0.15, 0.2) is 0 Å². The third kappa shape index (κ3) is 3.88. The first kappa shape index (κ1) is 19.6. The third-order valence-electron chi connectivity index (χ3n) is 5.04. The lowest BCUT2D eigenvalue weighted by Crippen LogP contribution is -2.30. The first-order chi connectivity index (χ1) is 14.6. The van der Waals surface area contributed by atoms with Crippen LogP contribution >= 0.6 is 0 Å². The maximum absolute atomic E-state index is 12.8. The van der Waals surface area contributed by atoms with E-state index in [1.54, 1.807) is 30.5 Å². The van der Waals surface area contributed by atoms with Crippen LogP contribution in [0.5, 0.6) is 0 Å². The Morgan fingerprint density at radius 3 is 2.73 bits per heavy atom. The molecule has 4 rings (SSSR count). The number of carbonyl (C=O) groups is 2. The second kappa shape index (κ2) is 8.34. The van der Waals surface area contributed by atoms with Crippen LogP contribution in [-0.2, 0) is 11.2 Å². The smallest absolute Gasteiger partial charge is 0.256 e. The Hall–Kier alpha value is -3.71. The van der Waals surface area contributed by atoms with Crippen LogP contribution in [0.3, 0.4) is 0 Å². The number of amides is 2. The largest absolute Gasteiger partial charge is 0.394 e. The molecule has 1 atom stereocenters. The predicted molar refractivity (Wildman–Crippen MR) is 115 cm³/mol. The van der Waals surface area contributed by atoms with E-state index in [0.29, 0.717) is 22.4 Å². The summed E-state index contributed by atoms with van der Waals surface area (Å²) in [5, 5.41) is 15.4. The van der Waals surface area contributed by atoms with Crippen LogP contribution in [0.4, 0.5) is 5.69 Å². The number of benzene rings is 2. The number of aromatic nitrogens is 2. The summed E-state index contributed by atoms with van der Waals surface area (Å²) in [6, 6.07) is 13.8. The number of carbonyl (C=O) groups excluding carboxylic acids is 2. The Bertz CT molecular complexity index is 1120. The van der Waals surface area contributed by atoms with Crippen molar-refractivity contribution >= 4 is 29.2 Å². The number of hydrogen-bond donors (Lipinski definition) is 4. The zero-order valence-corrected chi connectivity index (χ0v) is 16.5. The number of rotatable bonds is 6. The average Bonchev–Trinajstić information content (AvgIpc) is 3.36. The molecule has 2 aromatic carbocycles. The van der Waals surface area contributed by atoms with Crippen molar-refractivity contribution < 1.29 is 14.7 Å². The van der Waals surface area contributed by atoms with Crippen LogP contribution in [0.25, 0.3) is 11.6 Å². The minimum Gasteiger partial charge on any atom is -0.394 e. The molecule has 1 aromatic heterocycles. The number of anilines is 1. The van der Waals surface area contributed by atoms with Gasteiger partial charge in [-0.05, 0) is 29.8 Å². The predicted octanol–water partition coefficient (Wildman–Crippen LogP) is 2.93. The fourth-order valence-electron chi connectivity index (χ4n) is 3.42. The highest BCUT2D eigenvalue weighted by Crippen LogP contribution is 2.33. The molecule has 3 aromatic rings. The number of fused-ring (bicyclic) bond motifs is 1. The van der Waals surface area contributed by atoms with E-state index in [2.05, 4.69) is 20.6 Å². The summed E-state index contributed by atoms with van der Waals surface area (Å²) in [4.78, 5) is 32.7. The molecule has 0 bridgehead atoms. The number of aliphatic hydroxyl groups is 1. The molecule has 152 valence electrons. The highest BCUT2D eigenvalue weighted by Gasteiger charge is 2.26. The zero-order valence-electron chi connectivity index (χ0n) is 16.5. The summed E-state index contributed by atoms with van der Waals surface area (Å²) < 4.78 is 0. The van der Waals surface area contributed by atoms with Gasteiger partial charge in [0.25, 0.3) is 11.8 Å². The number of nitrogens with one attached hydrogen (secondary N) is 3. The maximum atomic E-state index is 12.8. The van der Waals surface area contributed by atoms with Crippen molar-refractivity contribution in [3.8, 4) is 0 Å². The molecule has 0 aliphatic carbocycles. The summed E-state index contributed by atoms with van der Waals surface area (Å²) in [6.45, 7) is 1.78. The van der Waals surface area contributed by atoms with Gasteiger partial charge in [-0.15, -0.1) is 0 Å². The first-order valence-corrected chi connectivity index (χ1v) is 9.77. The molecule has 0 radical (unpaired) electrons. The summed E-state index contributed by atoms with van der Waals surface area (Å²) in [6.07, 6.45) is 4.18. The van der Waals surface area contributed by atoms with Crippen LogP contribution in [0.2, 0.25) is 0 Å². The molecule has 1 aliphatic rings. The lowest BCUT2D eigenvalue weighted by Gasteiger charge is -2.17. The van der Waals surface area contributed by atoms with E-state index in [-0.39, 0.29) is 18.4 Å². The Kier molecular flexibility index (Phi) is 5.45. The monoisotopic (exact) mass is 402 g/mol. The summed E-state index contributed by atoms with van der Waals surface area (Å²) in [5.74, 6) is 0.284. The molecular weight excluding hydrogens is 380 g/mol. The second-order valence-corrected chi connectivity index (χ2v) is 7.03. The van der Waals surface area contributed by atoms with Gasteiger partial charge in [-0.3, -0.25) is 9.59 Å². The standard InChI is InChI=1S/C23H22N4O3/c1-2-21-24-12-16(25-21)11-18-17-10-15(8-9-19(17)26-23(18)30)22(29)27-20(13-28)14-6-4-3-5-7-14/h3-12,20,28H,2,13H2,1H3,(H,24,25)(H,26,30)(H,27,29)/b18-11-/t20-/m1/s1. The maximum Gasteiger partial charge on any atom is 0.256 e. The minimum atomic E-state index is -0.515. The molecule has 0 saturated heterocycles. The molecule has 0 spiro atoms. The SMILES string of the molecule is CCc1ncc(/C=C2\C(=O)Nc3ccc(C(=O)N[C@H](CO)c4ccccc4)cc32)[nH]1. The number of aromatic amines is 1. The zero-order chi connectivity index (χ0) is 21.1. The first-order valence-electron chi connectivity index (χ1n) is 9.77. The Morgan fingerprint density at radius 1 is 1.23 bits per heavy atom. The average molecular weight is 402 g/mol. The van der Waals surface area contributed by atoms with E-state index >= 15 is 0 Å². The van der Waals surface area contributed by atoms with Crippen LogP contribution in [-0.4, -0.2) is 33.5 Å². The van der Waals surface area contributed by atoms with E-state index in [9.17, 15) is 14.7 Å². The summed E-state index contributed by atoms with van der Waals surface area (Å²) in [5.41, 5.74) is 3.72. The molecule has 2 heterocycles. The van der Waals surface area contributed by atoms with Crippen molar-refractivity contribution in [1.29, 1.82) is 0 Å². The molecule has 0 unspecified atom stereocenters. The molecule has 7 nitrogen and oxygen atoms in total. The fraction of sp³-hybridized carbons (Fsp3) is 0.174. The molecule has 30 heavy (non-hydrogen) atoms. The van der Waals surface area contributed by atoms with E-state index in [1.165, 1.54) is 0 Å². The van der Waals surface area contributed by atoms with Crippen LogP contribution in [0.1, 0.15) is 46.0 Å². The molecule has 0 saturated carbocycles. The van der Waals surface area contributed by atoms with Crippen LogP contribution < -0.4 is 10.6 Å². The molecule has 0 fully saturated rings. The summed E-state index contributed by atoms with van der Waals surface area (Å²) >= 11 is 0. The Balaban J connectivity index is 1.61. The van der Waals surface area contributed by atoms with Crippen molar-refractivity contribution in [2.45, 2.75) is 19.4 Å². The molecular formula is C23H22N4O3. The topological polar surface area (TPSA) is 107 Å². The second-order valence-electron chi connectivity index (χ2n) is 7.03. The fourth-order valence-corrected chi connectivity index (χ4v) is 3.42. The highest BCUT2D eigenvalue weighted by atomic mass is 16.3. The molecule has 2 amide bonds. The van der Waals surface area contributed by atoms with E-state index in [0.717, 1.165) is 23.5 Å². The van der Waals surface area contributed by atoms with Crippen LogP contribution in [0.15, 0.2) is 54.7 Å². The summed E-state index contributed by atoms with van der Waals surface area (Å²) in [7, 11) is 0. The highest BCUT2D eigenvalue weighted by molar-refractivity contribution is 6.35. The van der Waals surface area contributed by atoms with Gasteiger partial charge in [-0.2, -0.15) is 0 Å². The normalized spacial score (nSPS) is 15.0. The Morgan fingerprint density at radius 2 is 2.03 bits per heavy atom. The molecule has 1 aliphatic heterocycles. The van der Waals surface area contributed by atoms with Crippen molar-refractivity contribution in [2.75, 3.05) is 11.9 Å². The lowest BCUT2D eigenvalue weighted by molar-refractivity contribution is -0.110. The quantitative estimate of drug-likeness (QED) is 0.476. The van der Waals surface area contributed by atoms with Crippen molar-refractivity contribution in [3.63, 3.8) is 0 Å². The number of imidazole rings is 1. The minimum absolute atomic E-state index is 0.217. The van der Waals surface area contributed by atoms with E-state index in [1.807, 2.05) is 37.3 Å². The third-order valence-corrected chi connectivity index (χ3v) is 5.04. The number of aryl methyl sites for hydroxylation is 1. The number of aliphatic hydroxyl groups excluding tert-OH is 1. The van der Waals surface area contributed by atoms with Gasteiger partial charge in [-0.25, -0.2) is 4.98 Å². The van der Waals surface area contributed by atoms with Gasteiger partial charge in [0, 0.05) is 23.2 Å². The van der Waals surface area contributed by atoms with Crippen molar-refractivity contribution in [3.05, 3.63) is 82.9 Å². The van der Waals surface area contributed by atoms with Gasteiger partial charge in [0.05, 0.1) is 30.1 Å². The number of hydrogen-bond acceptors (Lipinski definition) is 4. The number of H-pyrrole nitrogens is 1. The van der Waals surface area contributed by atoms with Gasteiger partial charge >= 0.3 is 0 Å². The van der Waals surface area contributed by atoms with Crippen molar-refractivity contribution in [2.24, 2.45) is 0 Å². The van der Waals surface area contributed by atoms with Crippen LogP contribution in [0, 0.1) is 0 Å². The van der Waals surface area contributed by atoms with E-state index < -0.39 is 6.04 Å². The Labute approximate surface area is 173 Å². The number of nitrogens with zero attached hydrogens (tertiary/aromatic N) is 1. The van der Waals surface area contributed by atoms with Gasteiger partial charge in [-0.1, -0.05) is 37.3 Å². The van der Waals surface area contributed by atoms with Gasteiger partial charge in [0.2, 0.25) is 0 Å². The van der Waals surface area contributed by atoms with Gasteiger partial charge < -0.3 is 20.7 Å². The van der Waals surface area contributed by atoms with Crippen molar-refractivity contribution in [1.82, 2.24) is 15.3 Å². The molecule has 4 N–H and O–H groups in total. The van der Waals surface area contributed by atoms with E-state index in [4.69, 9.17) is 0 Å². The molecule has 7 heteroatoms. The lowest BCUT2D eigenvalue weighted by atomic mass is 10.0.